The molecule has 0 fully saturated rings. The summed E-state index contributed by atoms with van der Waals surface area (Å²) < 4.78 is 10.4. The van der Waals surface area contributed by atoms with Crippen LogP contribution in [-0.4, -0.2) is 23.2 Å². The Morgan fingerprint density at radius 1 is 1.43 bits per heavy atom. The molecule has 0 spiro atoms. The lowest BCUT2D eigenvalue weighted by molar-refractivity contribution is 0.211. The quantitative estimate of drug-likeness (QED) is 0.752. The molecule has 1 aromatic carbocycles. The minimum absolute atomic E-state index is 0.0379. The number of rotatable bonds is 2. The molecule has 21 heavy (non-hydrogen) atoms. The van der Waals surface area contributed by atoms with Crippen LogP contribution < -0.4 is 20.8 Å². The molecule has 0 aliphatic rings. The van der Waals surface area contributed by atoms with Gasteiger partial charge in [0.05, 0.1) is 12.6 Å². The van der Waals surface area contributed by atoms with E-state index in [1.807, 2.05) is 13.0 Å². The van der Waals surface area contributed by atoms with Crippen LogP contribution >= 0.6 is 11.3 Å². The molecule has 3 aromatic rings. The second kappa shape index (κ2) is 4.74. The molecule has 3 N–H and O–H groups in total. The molecule has 2 heterocycles. The highest BCUT2D eigenvalue weighted by molar-refractivity contribution is 7.20. The van der Waals surface area contributed by atoms with E-state index >= 15 is 0 Å². The van der Waals surface area contributed by atoms with Crippen molar-refractivity contribution in [2.24, 2.45) is 5.73 Å². The molecule has 0 saturated carbocycles. The van der Waals surface area contributed by atoms with E-state index in [-0.39, 0.29) is 10.8 Å². The average molecular weight is 305 g/mol. The monoisotopic (exact) mass is 305 g/mol. The third-order valence-electron chi connectivity index (χ3n) is 3.04. The van der Waals surface area contributed by atoms with Crippen LogP contribution in [0.3, 0.4) is 0 Å². The Kier molecular flexibility index (Phi) is 3.02. The molecule has 108 valence electrons. The lowest BCUT2D eigenvalue weighted by atomic mass is 10.1. The fourth-order valence-corrected chi connectivity index (χ4v) is 2.99. The van der Waals surface area contributed by atoms with E-state index in [1.165, 1.54) is 0 Å². The summed E-state index contributed by atoms with van der Waals surface area (Å²) in [5.41, 5.74) is 6.66. The summed E-state index contributed by atoms with van der Waals surface area (Å²) in [7, 11) is 1.56. The number of pyridine rings is 1. The molecule has 3 rings (SSSR count). The van der Waals surface area contributed by atoms with Crippen LogP contribution in [0.2, 0.25) is 0 Å². The van der Waals surface area contributed by atoms with Gasteiger partial charge in [0.1, 0.15) is 16.0 Å². The highest BCUT2D eigenvalue weighted by Gasteiger charge is 2.15. The number of fused-ring (bicyclic) bond motifs is 3. The normalized spacial score (nSPS) is 11.0. The summed E-state index contributed by atoms with van der Waals surface area (Å²) in [6.45, 7) is 1.86. The van der Waals surface area contributed by atoms with Gasteiger partial charge in [-0.2, -0.15) is 0 Å². The number of carbonyl (C=O) groups is 1. The molecule has 0 radical (unpaired) electrons. The molecule has 1 amide bonds. The number of aromatic nitrogens is 2. The van der Waals surface area contributed by atoms with Crippen LogP contribution in [0, 0.1) is 6.92 Å². The van der Waals surface area contributed by atoms with E-state index in [4.69, 9.17) is 15.2 Å². The van der Waals surface area contributed by atoms with Gasteiger partial charge in [-0.25, -0.2) is 9.78 Å². The number of primary amides is 1. The number of ether oxygens (including phenoxy) is 2. The minimum Gasteiger partial charge on any atom is -0.497 e. The third-order valence-corrected chi connectivity index (χ3v) is 3.97. The second-order valence-corrected chi connectivity index (χ2v) is 5.36. The molecular formula is C13H11N3O4S. The summed E-state index contributed by atoms with van der Waals surface area (Å²) in [5, 5.41) is 0.757. The molecule has 8 heteroatoms. The van der Waals surface area contributed by atoms with Crippen LogP contribution in [0.4, 0.5) is 4.79 Å². The Morgan fingerprint density at radius 3 is 2.86 bits per heavy atom. The maximum absolute atomic E-state index is 12.1. The molecular weight excluding hydrogens is 294 g/mol. The largest absolute Gasteiger partial charge is 0.497 e. The molecule has 0 bridgehead atoms. The first-order valence-corrected chi connectivity index (χ1v) is 6.79. The van der Waals surface area contributed by atoms with Crippen molar-refractivity contribution in [1.29, 1.82) is 0 Å². The first kappa shape index (κ1) is 13.4. The summed E-state index contributed by atoms with van der Waals surface area (Å²) in [6.07, 6.45) is -0.969. The van der Waals surface area contributed by atoms with Gasteiger partial charge in [-0.1, -0.05) is 11.3 Å². The van der Waals surface area contributed by atoms with Crippen molar-refractivity contribution < 1.29 is 14.3 Å². The van der Waals surface area contributed by atoms with Crippen molar-refractivity contribution in [2.75, 3.05) is 7.11 Å². The van der Waals surface area contributed by atoms with E-state index < -0.39 is 6.09 Å². The summed E-state index contributed by atoms with van der Waals surface area (Å²) in [5.74, 6) is 0.652. The van der Waals surface area contributed by atoms with E-state index in [0.29, 0.717) is 21.5 Å². The SMILES string of the molecule is COc1cc(C)c2[nH]c(=O)c3sc(OC(N)=O)nc3c2c1. The summed E-state index contributed by atoms with van der Waals surface area (Å²) in [4.78, 5) is 29.9. The topological polar surface area (TPSA) is 107 Å². The smallest absolute Gasteiger partial charge is 0.411 e. The Bertz CT molecular complexity index is 928. The van der Waals surface area contributed by atoms with Crippen LogP contribution in [0.1, 0.15) is 5.56 Å². The van der Waals surface area contributed by atoms with Gasteiger partial charge in [-0.15, -0.1) is 0 Å². The number of nitrogens with two attached hydrogens (primary N) is 1. The Labute approximate surface area is 122 Å². The maximum atomic E-state index is 12.1. The Balaban J connectivity index is 2.40. The number of benzene rings is 1. The van der Waals surface area contributed by atoms with Gasteiger partial charge >= 0.3 is 6.09 Å². The van der Waals surface area contributed by atoms with E-state index in [0.717, 1.165) is 22.3 Å². The van der Waals surface area contributed by atoms with Crippen molar-refractivity contribution in [1.82, 2.24) is 9.97 Å². The molecule has 7 nitrogen and oxygen atoms in total. The number of amides is 1. The predicted octanol–water partition coefficient (Wildman–Crippen LogP) is 1.91. The highest BCUT2D eigenvalue weighted by atomic mass is 32.1. The number of aromatic amines is 1. The van der Waals surface area contributed by atoms with Gasteiger partial charge in [-0.05, 0) is 24.6 Å². The van der Waals surface area contributed by atoms with Crippen LogP contribution in [0.5, 0.6) is 10.9 Å². The first-order valence-electron chi connectivity index (χ1n) is 5.98. The van der Waals surface area contributed by atoms with E-state index in [1.54, 1.807) is 13.2 Å². The van der Waals surface area contributed by atoms with Crippen LogP contribution in [0.25, 0.3) is 21.1 Å². The number of nitrogens with zero attached hydrogens (tertiary/aromatic N) is 1. The number of hydrogen-bond acceptors (Lipinski definition) is 6. The fraction of sp³-hybridized carbons (Fsp3) is 0.154. The van der Waals surface area contributed by atoms with E-state index in [9.17, 15) is 9.59 Å². The molecule has 0 atom stereocenters. The number of hydrogen-bond donors (Lipinski definition) is 2. The van der Waals surface area contributed by atoms with Crippen molar-refractivity contribution in [3.8, 4) is 10.9 Å². The van der Waals surface area contributed by atoms with Gasteiger partial charge in [0.15, 0.2) is 0 Å². The summed E-state index contributed by atoms with van der Waals surface area (Å²) >= 11 is 0.968. The van der Waals surface area contributed by atoms with Gasteiger partial charge in [0, 0.05) is 5.39 Å². The molecule has 0 unspecified atom stereocenters. The van der Waals surface area contributed by atoms with Crippen molar-refractivity contribution in [3.05, 3.63) is 28.0 Å². The number of nitrogens with one attached hydrogen (secondary N) is 1. The third kappa shape index (κ3) is 2.19. The van der Waals surface area contributed by atoms with Crippen molar-refractivity contribution in [2.45, 2.75) is 6.92 Å². The average Bonchev–Trinajstić information content (AvgIpc) is 2.83. The molecule has 0 aliphatic carbocycles. The lowest BCUT2D eigenvalue weighted by Crippen LogP contribution is -2.15. The number of H-pyrrole nitrogens is 1. The highest BCUT2D eigenvalue weighted by Crippen LogP contribution is 2.32. The van der Waals surface area contributed by atoms with Crippen molar-refractivity contribution >= 4 is 38.5 Å². The van der Waals surface area contributed by atoms with Crippen LogP contribution in [-0.2, 0) is 0 Å². The second-order valence-electron chi connectivity index (χ2n) is 4.40. The van der Waals surface area contributed by atoms with Gasteiger partial charge in [0.25, 0.3) is 10.8 Å². The minimum atomic E-state index is -0.969. The predicted molar refractivity (Wildman–Crippen MR) is 79.2 cm³/mol. The Hall–Kier alpha value is -2.61. The van der Waals surface area contributed by atoms with Gasteiger partial charge in [0.2, 0.25) is 0 Å². The first-order chi connectivity index (χ1) is 9.99. The lowest BCUT2D eigenvalue weighted by Gasteiger charge is -2.06. The molecule has 0 saturated heterocycles. The maximum Gasteiger partial charge on any atom is 0.411 e. The number of thiazole rings is 1. The van der Waals surface area contributed by atoms with E-state index in [2.05, 4.69) is 9.97 Å². The standard InChI is InChI=1S/C13H11N3O4S/c1-5-3-6(19-2)4-7-8(5)15-11(17)10-9(7)16-13(21-10)20-12(14)18/h3-4H,1-2H3,(H2,14,18)(H,15,17). The molecule has 2 aromatic heterocycles. The molecule has 0 aliphatic heterocycles. The number of carbonyl (C=O) groups excluding carboxylic acids is 1. The van der Waals surface area contributed by atoms with Gasteiger partial charge in [-0.3, -0.25) is 4.79 Å². The number of aryl methyl sites for hydroxylation is 1. The summed E-state index contributed by atoms with van der Waals surface area (Å²) in [6, 6.07) is 3.59. The fourth-order valence-electron chi connectivity index (χ4n) is 2.16. The zero-order valence-corrected chi connectivity index (χ0v) is 12.0. The van der Waals surface area contributed by atoms with Crippen LogP contribution in [0.15, 0.2) is 16.9 Å². The zero-order chi connectivity index (χ0) is 15.1. The zero-order valence-electron chi connectivity index (χ0n) is 11.2. The Morgan fingerprint density at radius 2 is 2.19 bits per heavy atom. The number of methoxy groups -OCH3 is 1. The van der Waals surface area contributed by atoms with Crippen molar-refractivity contribution in [3.63, 3.8) is 0 Å². The van der Waals surface area contributed by atoms with Gasteiger partial charge < -0.3 is 20.2 Å².